The normalized spacial score (nSPS) is 14.7. The van der Waals surface area contributed by atoms with Crippen LogP contribution in [0.3, 0.4) is 0 Å². The maximum atomic E-state index is 13.9. The SMILES string of the molecule is CCC(C(=O)N(CCN1CCOCC1)CC(=O)N(Cc1ccccc1)Cc1ccc(C)o1)c1ccccc1. The first-order chi connectivity index (χ1) is 18.5. The minimum Gasteiger partial charge on any atom is -0.464 e. The summed E-state index contributed by atoms with van der Waals surface area (Å²) in [4.78, 5) is 33.6. The van der Waals surface area contributed by atoms with Crippen LogP contribution < -0.4 is 0 Å². The molecule has 1 saturated heterocycles. The Balaban J connectivity index is 1.54. The van der Waals surface area contributed by atoms with Gasteiger partial charge < -0.3 is 19.0 Å². The van der Waals surface area contributed by atoms with E-state index in [1.807, 2.05) is 86.6 Å². The number of ether oxygens (including phenoxy) is 1. The number of morpholine rings is 1. The molecule has 0 aliphatic carbocycles. The highest BCUT2D eigenvalue weighted by Gasteiger charge is 2.28. The van der Waals surface area contributed by atoms with Crippen molar-refractivity contribution in [3.63, 3.8) is 0 Å². The number of rotatable bonds is 12. The molecule has 1 aliphatic heterocycles. The van der Waals surface area contributed by atoms with Crippen molar-refractivity contribution in [3.05, 3.63) is 95.4 Å². The Morgan fingerprint density at radius 1 is 0.895 bits per heavy atom. The van der Waals surface area contributed by atoms with Gasteiger partial charge in [-0.1, -0.05) is 67.6 Å². The minimum atomic E-state index is -0.288. The molecule has 7 heteroatoms. The van der Waals surface area contributed by atoms with Gasteiger partial charge in [-0.2, -0.15) is 0 Å². The molecule has 0 radical (unpaired) electrons. The highest BCUT2D eigenvalue weighted by molar-refractivity contribution is 5.88. The van der Waals surface area contributed by atoms with Crippen molar-refractivity contribution in [2.24, 2.45) is 0 Å². The van der Waals surface area contributed by atoms with Gasteiger partial charge in [0, 0.05) is 32.7 Å². The molecule has 2 amide bonds. The van der Waals surface area contributed by atoms with E-state index in [1.165, 1.54) is 0 Å². The van der Waals surface area contributed by atoms with Crippen molar-refractivity contribution in [3.8, 4) is 0 Å². The highest BCUT2D eigenvalue weighted by atomic mass is 16.5. The first kappa shape index (κ1) is 27.6. The maximum Gasteiger partial charge on any atom is 0.242 e. The van der Waals surface area contributed by atoms with Crippen LogP contribution in [0.2, 0.25) is 0 Å². The predicted molar refractivity (Wildman–Crippen MR) is 147 cm³/mol. The van der Waals surface area contributed by atoms with Crippen LogP contribution in [-0.2, 0) is 27.4 Å². The van der Waals surface area contributed by atoms with E-state index in [4.69, 9.17) is 9.15 Å². The number of nitrogens with zero attached hydrogens (tertiary/aromatic N) is 3. The summed E-state index contributed by atoms with van der Waals surface area (Å²) < 4.78 is 11.3. The molecule has 0 N–H and O–H groups in total. The largest absolute Gasteiger partial charge is 0.464 e. The average molecular weight is 518 g/mol. The van der Waals surface area contributed by atoms with Gasteiger partial charge in [-0.05, 0) is 36.6 Å². The van der Waals surface area contributed by atoms with E-state index in [9.17, 15) is 9.59 Å². The van der Waals surface area contributed by atoms with E-state index in [-0.39, 0.29) is 24.3 Å². The van der Waals surface area contributed by atoms with Gasteiger partial charge in [-0.25, -0.2) is 0 Å². The van der Waals surface area contributed by atoms with Crippen molar-refractivity contribution in [2.75, 3.05) is 45.9 Å². The van der Waals surface area contributed by atoms with Crippen molar-refractivity contribution in [2.45, 2.75) is 39.3 Å². The summed E-state index contributed by atoms with van der Waals surface area (Å²) in [7, 11) is 0. The van der Waals surface area contributed by atoms with Crippen molar-refractivity contribution in [1.82, 2.24) is 14.7 Å². The Kier molecular flexibility index (Phi) is 10.1. The Hall–Kier alpha value is -3.42. The summed E-state index contributed by atoms with van der Waals surface area (Å²) >= 11 is 0. The van der Waals surface area contributed by atoms with Gasteiger partial charge in [0.1, 0.15) is 11.5 Å². The Morgan fingerprint density at radius 3 is 2.21 bits per heavy atom. The van der Waals surface area contributed by atoms with E-state index in [2.05, 4.69) is 4.90 Å². The monoisotopic (exact) mass is 517 g/mol. The number of carbonyl (C=O) groups is 2. The van der Waals surface area contributed by atoms with E-state index in [0.717, 1.165) is 35.7 Å². The van der Waals surface area contributed by atoms with Gasteiger partial charge >= 0.3 is 0 Å². The third-order valence-electron chi connectivity index (χ3n) is 7.05. The second-order valence-corrected chi connectivity index (χ2v) is 9.83. The molecule has 1 aliphatic rings. The van der Waals surface area contributed by atoms with Crippen molar-refractivity contribution < 1.29 is 18.7 Å². The number of aryl methyl sites for hydroxylation is 1. The lowest BCUT2D eigenvalue weighted by molar-refractivity contribution is -0.142. The first-order valence-corrected chi connectivity index (χ1v) is 13.5. The van der Waals surface area contributed by atoms with Crippen LogP contribution in [0.25, 0.3) is 0 Å². The Morgan fingerprint density at radius 2 is 1.58 bits per heavy atom. The van der Waals surface area contributed by atoms with E-state index < -0.39 is 0 Å². The van der Waals surface area contributed by atoms with Crippen LogP contribution in [0.5, 0.6) is 0 Å². The predicted octanol–water partition coefficient (Wildman–Crippen LogP) is 4.47. The molecule has 3 aromatic rings. The van der Waals surface area contributed by atoms with Crippen molar-refractivity contribution >= 4 is 11.8 Å². The molecule has 1 fully saturated rings. The van der Waals surface area contributed by atoms with Crippen LogP contribution in [0, 0.1) is 6.92 Å². The van der Waals surface area contributed by atoms with Crippen LogP contribution in [0.1, 0.15) is 41.9 Å². The summed E-state index contributed by atoms with van der Waals surface area (Å²) in [5, 5.41) is 0. The van der Waals surface area contributed by atoms with Gasteiger partial charge in [0.05, 0.1) is 32.2 Å². The van der Waals surface area contributed by atoms with Gasteiger partial charge in [-0.3, -0.25) is 14.5 Å². The molecule has 1 unspecified atom stereocenters. The average Bonchev–Trinajstić information content (AvgIpc) is 3.37. The van der Waals surface area contributed by atoms with Crippen LogP contribution >= 0.6 is 0 Å². The molecule has 38 heavy (non-hydrogen) atoms. The summed E-state index contributed by atoms with van der Waals surface area (Å²) in [5.74, 6) is 1.15. The lowest BCUT2D eigenvalue weighted by Crippen LogP contribution is -2.48. The standard InChI is InChI=1S/C31H39N3O4/c1-3-29(27-12-8-5-9-13-27)31(36)33(17-16-32-18-20-37-21-19-32)24-30(35)34(22-26-10-6-4-7-11-26)23-28-15-14-25(2)38-28/h4-15,29H,3,16-24H2,1-2H3. The van der Waals surface area contributed by atoms with Crippen LogP contribution in [0.15, 0.2) is 77.2 Å². The molecule has 2 aromatic carbocycles. The third-order valence-corrected chi connectivity index (χ3v) is 7.05. The molecular weight excluding hydrogens is 478 g/mol. The zero-order valence-electron chi connectivity index (χ0n) is 22.6. The number of hydrogen-bond donors (Lipinski definition) is 0. The minimum absolute atomic E-state index is 0.00573. The zero-order valence-corrected chi connectivity index (χ0v) is 22.6. The van der Waals surface area contributed by atoms with E-state index in [0.29, 0.717) is 45.8 Å². The van der Waals surface area contributed by atoms with Crippen LogP contribution in [-0.4, -0.2) is 72.5 Å². The quantitative estimate of drug-likeness (QED) is 0.355. The molecule has 0 saturated carbocycles. The Bertz CT molecular complexity index is 1140. The summed E-state index contributed by atoms with van der Waals surface area (Å²) in [6.45, 7) is 9.02. The van der Waals surface area contributed by atoms with E-state index >= 15 is 0 Å². The molecule has 4 rings (SSSR count). The molecule has 1 atom stereocenters. The van der Waals surface area contributed by atoms with Crippen LogP contribution in [0.4, 0.5) is 0 Å². The lowest BCUT2D eigenvalue weighted by atomic mass is 9.95. The number of furan rings is 1. The smallest absolute Gasteiger partial charge is 0.242 e. The van der Waals surface area contributed by atoms with Crippen molar-refractivity contribution in [1.29, 1.82) is 0 Å². The number of benzene rings is 2. The second-order valence-electron chi connectivity index (χ2n) is 9.83. The molecule has 202 valence electrons. The fourth-order valence-electron chi connectivity index (χ4n) is 4.87. The topological polar surface area (TPSA) is 66.2 Å². The van der Waals surface area contributed by atoms with Gasteiger partial charge in [-0.15, -0.1) is 0 Å². The van der Waals surface area contributed by atoms with Gasteiger partial charge in [0.25, 0.3) is 0 Å². The maximum absolute atomic E-state index is 13.9. The number of amides is 2. The summed E-state index contributed by atoms with van der Waals surface area (Å²) in [6.07, 6.45) is 0.671. The third kappa shape index (κ3) is 7.79. The molecule has 1 aromatic heterocycles. The fourth-order valence-corrected chi connectivity index (χ4v) is 4.87. The lowest BCUT2D eigenvalue weighted by Gasteiger charge is -2.33. The Labute approximate surface area is 226 Å². The van der Waals surface area contributed by atoms with E-state index in [1.54, 1.807) is 9.80 Å². The summed E-state index contributed by atoms with van der Waals surface area (Å²) in [5.41, 5.74) is 2.02. The molecular formula is C31H39N3O4. The van der Waals surface area contributed by atoms with Gasteiger partial charge in [0.2, 0.25) is 11.8 Å². The molecule has 2 heterocycles. The number of hydrogen-bond acceptors (Lipinski definition) is 5. The fraction of sp³-hybridized carbons (Fsp3) is 0.419. The number of carbonyl (C=O) groups excluding carboxylic acids is 2. The molecule has 0 spiro atoms. The van der Waals surface area contributed by atoms with Gasteiger partial charge in [0.15, 0.2) is 0 Å². The first-order valence-electron chi connectivity index (χ1n) is 13.5. The highest BCUT2D eigenvalue weighted by Crippen LogP contribution is 2.23. The second kappa shape index (κ2) is 13.9. The summed E-state index contributed by atoms with van der Waals surface area (Å²) in [6, 6.07) is 23.6. The zero-order chi connectivity index (χ0) is 26.7. The molecule has 7 nitrogen and oxygen atoms in total. The molecule has 0 bridgehead atoms.